The van der Waals surface area contributed by atoms with Crippen LogP contribution in [0.4, 0.5) is 13.2 Å². The zero-order chi connectivity index (χ0) is 14.7. The first-order valence-electron chi connectivity index (χ1n) is 6.07. The van der Waals surface area contributed by atoms with Gasteiger partial charge in [0, 0.05) is 11.6 Å². The number of nitrogens with one attached hydrogen (secondary N) is 1. The molecule has 2 aromatic rings. The Balaban J connectivity index is 2.28. The highest BCUT2D eigenvalue weighted by atomic mass is 35.5. The number of likely N-dealkylation sites (N-methyl/N-ethyl adjacent to an activating group) is 1. The quantitative estimate of drug-likeness (QED) is 0.889. The molecule has 2 aromatic carbocycles. The van der Waals surface area contributed by atoms with Crippen LogP contribution in [0.25, 0.3) is 0 Å². The molecular weight excluding hydrogens is 287 g/mol. The van der Waals surface area contributed by atoms with E-state index >= 15 is 0 Å². The second kappa shape index (κ2) is 6.29. The first-order valence-corrected chi connectivity index (χ1v) is 6.45. The predicted molar refractivity (Wildman–Crippen MR) is 73.3 cm³/mol. The van der Waals surface area contributed by atoms with E-state index in [4.69, 9.17) is 11.6 Å². The van der Waals surface area contributed by atoms with Crippen molar-refractivity contribution in [3.8, 4) is 0 Å². The number of hydrogen-bond acceptors (Lipinski definition) is 1. The number of benzene rings is 2. The molecule has 0 fully saturated rings. The minimum Gasteiger partial charge on any atom is -0.313 e. The lowest BCUT2D eigenvalue weighted by molar-refractivity contribution is 0.521. The normalized spacial score (nSPS) is 12.4. The van der Waals surface area contributed by atoms with E-state index in [0.29, 0.717) is 12.0 Å². The number of halogens is 4. The van der Waals surface area contributed by atoms with Crippen LogP contribution in [-0.2, 0) is 6.42 Å². The molecule has 20 heavy (non-hydrogen) atoms. The van der Waals surface area contributed by atoms with Gasteiger partial charge in [0.1, 0.15) is 17.5 Å². The SMILES string of the molecule is CNC(Cc1ccc(Cl)c(F)c1)c1cc(F)ccc1F. The van der Waals surface area contributed by atoms with Gasteiger partial charge in [0.15, 0.2) is 0 Å². The molecule has 0 bridgehead atoms. The summed E-state index contributed by atoms with van der Waals surface area (Å²) in [5, 5.41) is 2.94. The maximum Gasteiger partial charge on any atom is 0.142 e. The molecule has 0 amide bonds. The Bertz CT molecular complexity index is 616. The molecule has 0 saturated carbocycles. The first-order chi connectivity index (χ1) is 9.51. The van der Waals surface area contributed by atoms with Crippen LogP contribution in [0.1, 0.15) is 17.2 Å². The molecule has 2 rings (SSSR count). The highest BCUT2D eigenvalue weighted by Gasteiger charge is 2.16. The summed E-state index contributed by atoms with van der Waals surface area (Å²) in [6.45, 7) is 0. The summed E-state index contributed by atoms with van der Waals surface area (Å²) >= 11 is 5.61. The van der Waals surface area contributed by atoms with Gasteiger partial charge in [-0.05, 0) is 49.4 Å². The molecule has 0 radical (unpaired) electrons. The van der Waals surface area contributed by atoms with Gasteiger partial charge in [-0.3, -0.25) is 0 Å². The van der Waals surface area contributed by atoms with E-state index in [-0.39, 0.29) is 10.6 Å². The van der Waals surface area contributed by atoms with Crippen molar-refractivity contribution in [2.75, 3.05) is 7.05 Å². The van der Waals surface area contributed by atoms with Gasteiger partial charge in [-0.25, -0.2) is 13.2 Å². The molecule has 0 aliphatic heterocycles. The van der Waals surface area contributed by atoms with Gasteiger partial charge in [-0.1, -0.05) is 17.7 Å². The average Bonchev–Trinajstić information content (AvgIpc) is 2.43. The summed E-state index contributed by atoms with van der Waals surface area (Å²) in [4.78, 5) is 0. The lowest BCUT2D eigenvalue weighted by Gasteiger charge is -2.18. The van der Waals surface area contributed by atoms with Crippen molar-refractivity contribution in [2.45, 2.75) is 12.5 Å². The molecule has 0 saturated heterocycles. The maximum absolute atomic E-state index is 13.8. The van der Waals surface area contributed by atoms with Gasteiger partial charge < -0.3 is 5.32 Å². The monoisotopic (exact) mass is 299 g/mol. The van der Waals surface area contributed by atoms with Crippen LogP contribution in [-0.4, -0.2) is 7.05 Å². The van der Waals surface area contributed by atoms with Crippen LogP contribution < -0.4 is 5.32 Å². The molecule has 5 heteroatoms. The van der Waals surface area contributed by atoms with E-state index in [1.54, 1.807) is 13.1 Å². The van der Waals surface area contributed by atoms with Crippen molar-refractivity contribution in [2.24, 2.45) is 0 Å². The van der Waals surface area contributed by atoms with Gasteiger partial charge in [-0.15, -0.1) is 0 Å². The average molecular weight is 300 g/mol. The van der Waals surface area contributed by atoms with Crippen LogP contribution >= 0.6 is 11.6 Å². The van der Waals surface area contributed by atoms with E-state index < -0.39 is 23.5 Å². The van der Waals surface area contributed by atoms with E-state index in [0.717, 1.165) is 18.2 Å². The molecule has 1 atom stereocenters. The fourth-order valence-corrected chi connectivity index (χ4v) is 2.17. The highest BCUT2D eigenvalue weighted by molar-refractivity contribution is 6.30. The Labute approximate surface area is 120 Å². The highest BCUT2D eigenvalue weighted by Crippen LogP contribution is 2.24. The fraction of sp³-hybridized carbons (Fsp3) is 0.200. The van der Waals surface area contributed by atoms with Crippen molar-refractivity contribution in [3.63, 3.8) is 0 Å². The minimum absolute atomic E-state index is 0.0340. The largest absolute Gasteiger partial charge is 0.313 e. The Morgan fingerprint density at radius 3 is 2.45 bits per heavy atom. The third kappa shape index (κ3) is 3.32. The van der Waals surface area contributed by atoms with E-state index in [1.165, 1.54) is 12.1 Å². The van der Waals surface area contributed by atoms with Gasteiger partial charge in [0.25, 0.3) is 0 Å². The Morgan fingerprint density at radius 1 is 1.05 bits per heavy atom. The van der Waals surface area contributed by atoms with E-state index in [1.807, 2.05) is 0 Å². The topological polar surface area (TPSA) is 12.0 Å². The molecular formula is C15H13ClF3N. The molecule has 1 unspecified atom stereocenters. The van der Waals surface area contributed by atoms with Crippen molar-refractivity contribution in [3.05, 3.63) is 70.0 Å². The standard InChI is InChI=1S/C15H13ClF3N/c1-20-15(11-8-10(17)3-5-13(11)18)7-9-2-4-12(16)14(19)6-9/h2-6,8,15,20H,7H2,1H3. The molecule has 0 aromatic heterocycles. The van der Waals surface area contributed by atoms with Crippen LogP contribution in [0.15, 0.2) is 36.4 Å². The third-order valence-corrected chi connectivity index (χ3v) is 3.41. The zero-order valence-electron chi connectivity index (χ0n) is 10.8. The van der Waals surface area contributed by atoms with Crippen LogP contribution in [0.2, 0.25) is 5.02 Å². The fourth-order valence-electron chi connectivity index (χ4n) is 2.05. The molecule has 0 aliphatic rings. The molecule has 0 spiro atoms. The Hall–Kier alpha value is -1.52. The lowest BCUT2D eigenvalue weighted by atomic mass is 9.98. The van der Waals surface area contributed by atoms with Crippen molar-refractivity contribution < 1.29 is 13.2 Å². The summed E-state index contributed by atoms with van der Waals surface area (Å²) in [5.74, 6) is -1.54. The first kappa shape index (κ1) is 14.9. The molecule has 0 aliphatic carbocycles. The lowest BCUT2D eigenvalue weighted by Crippen LogP contribution is -2.20. The van der Waals surface area contributed by atoms with E-state index in [9.17, 15) is 13.2 Å². The van der Waals surface area contributed by atoms with Crippen LogP contribution in [0, 0.1) is 17.5 Å². The maximum atomic E-state index is 13.8. The summed E-state index contributed by atoms with van der Waals surface area (Å²) in [7, 11) is 1.64. The predicted octanol–water partition coefficient (Wildman–Crippen LogP) is 4.26. The van der Waals surface area contributed by atoms with E-state index in [2.05, 4.69) is 5.32 Å². The third-order valence-electron chi connectivity index (χ3n) is 3.11. The van der Waals surface area contributed by atoms with Crippen LogP contribution in [0.3, 0.4) is 0 Å². The van der Waals surface area contributed by atoms with Crippen LogP contribution in [0.5, 0.6) is 0 Å². The minimum atomic E-state index is -0.529. The molecule has 106 valence electrons. The van der Waals surface area contributed by atoms with Crippen molar-refractivity contribution in [1.82, 2.24) is 5.32 Å². The van der Waals surface area contributed by atoms with Gasteiger partial charge in [0.05, 0.1) is 5.02 Å². The second-order valence-electron chi connectivity index (χ2n) is 4.46. The zero-order valence-corrected chi connectivity index (χ0v) is 11.5. The molecule has 1 N–H and O–H groups in total. The molecule has 0 heterocycles. The second-order valence-corrected chi connectivity index (χ2v) is 4.87. The molecule has 1 nitrogen and oxygen atoms in total. The van der Waals surface area contributed by atoms with Gasteiger partial charge in [-0.2, -0.15) is 0 Å². The van der Waals surface area contributed by atoms with Gasteiger partial charge in [0.2, 0.25) is 0 Å². The number of rotatable bonds is 4. The number of hydrogen-bond donors (Lipinski definition) is 1. The van der Waals surface area contributed by atoms with Crippen molar-refractivity contribution in [1.29, 1.82) is 0 Å². The Morgan fingerprint density at radius 2 is 1.80 bits per heavy atom. The summed E-state index contributed by atoms with van der Waals surface area (Å²) in [6, 6.07) is 7.23. The van der Waals surface area contributed by atoms with Crippen molar-refractivity contribution >= 4 is 11.6 Å². The smallest absolute Gasteiger partial charge is 0.142 e. The summed E-state index contributed by atoms with van der Waals surface area (Å²) in [5.41, 5.74) is 0.859. The summed E-state index contributed by atoms with van der Waals surface area (Å²) < 4.78 is 40.4. The summed E-state index contributed by atoms with van der Waals surface area (Å²) in [6.07, 6.45) is 0.324. The van der Waals surface area contributed by atoms with Gasteiger partial charge >= 0.3 is 0 Å². The Kier molecular flexibility index (Phi) is 4.68.